The molecule has 2 aliphatic rings. The van der Waals surface area contributed by atoms with Crippen LogP contribution in [0.3, 0.4) is 0 Å². The van der Waals surface area contributed by atoms with E-state index < -0.39 is 0 Å². The molecule has 0 amide bonds. The molecule has 8 heteroatoms. The van der Waals surface area contributed by atoms with E-state index in [4.69, 9.17) is 29.9 Å². The number of aromatic nitrogens is 8. The number of hydrogen-bond acceptors (Lipinski definition) is 8. The Kier molecular flexibility index (Phi) is 20.3. The highest BCUT2D eigenvalue weighted by molar-refractivity contribution is 6.06. The molecule has 22 rings (SSSR count). The van der Waals surface area contributed by atoms with Crippen molar-refractivity contribution in [2.75, 3.05) is 0 Å². The number of rotatable bonds is 20. The molecule has 20 aromatic rings. The molecule has 596 valence electrons. The molecule has 0 atom stereocenters. The number of pyridine rings is 2. The summed E-state index contributed by atoms with van der Waals surface area (Å²) < 4.78 is 0. The van der Waals surface area contributed by atoms with Crippen molar-refractivity contribution in [2.45, 2.75) is 103 Å². The first-order chi connectivity index (χ1) is 61.0. The highest BCUT2D eigenvalue weighted by Gasteiger charge is 2.43. The predicted molar refractivity (Wildman–Crippen MR) is 516 cm³/mol. The second-order valence-electron chi connectivity index (χ2n) is 34.3. The molecule has 0 saturated heterocycles. The second-order valence-corrected chi connectivity index (χ2v) is 34.3. The van der Waals surface area contributed by atoms with Crippen LogP contribution in [0.4, 0.5) is 0 Å². The number of hydrogen-bond donors (Lipinski definition) is 0. The van der Waals surface area contributed by atoms with Gasteiger partial charge in [0.2, 0.25) is 0 Å². The van der Waals surface area contributed by atoms with Crippen LogP contribution in [0, 0.1) is 0 Å². The monoisotopic (exact) mass is 1600 g/mol. The summed E-state index contributed by atoms with van der Waals surface area (Å²) in [5.74, 6) is 3.81. The molecule has 0 radical (unpaired) electrons. The van der Waals surface area contributed by atoms with Gasteiger partial charge < -0.3 is 0 Å². The molecule has 0 bridgehead atoms. The molecule has 0 unspecified atom stereocenters. The van der Waals surface area contributed by atoms with Gasteiger partial charge in [-0.1, -0.05) is 285 Å². The van der Waals surface area contributed by atoms with Gasteiger partial charge in [0.1, 0.15) is 0 Å². The lowest BCUT2D eigenvalue weighted by Crippen LogP contribution is -2.25. The molecule has 0 spiro atoms. The van der Waals surface area contributed by atoms with Crippen LogP contribution in [0.15, 0.2) is 365 Å². The van der Waals surface area contributed by atoms with Gasteiger partial charge in [-0.2, -0.15) is 0 Å². The normalized spacial score (nSPS) is 12.8. The zero-order valence-corrected chi connectivity index (χ0v) is 70.3. The summed E-state index contributed by atoms with van der Waals surface area (Å²) in [6.07, 6.45) is 19.9. The third-order valence-corrected chi connectivity index (χ3v) is 25.9. The van der Waals surface area contributed by atoms with Crippen molar-refractivity contribution < 1.29 is 0 Å². The van der Waals surface area contributed by atoms with Crippen LogP contribution >= 0.6 is 0 Å². The fourth-order valence-electron chi connectivity index (χ4n) is 19.4. The maximum Gasteiger partial charge on any atom is 0.164 e. The molecular weight excluding hydrogens is 1510 g/mol. The van der Waals surface area contributed by atoms with Gasteiger partial charge in [0.05, 0.1) is 0 Å². The molecule has 0 fully saturated rings. The van der Waals surface area contributed by atoms with Gasteiger partial charge in [-0.3, -0.25) is 9.97 Å². The highest BCUT2D eigenvalue weighted by Crippen LogP contribution is 2.57. The quantitative estimate of drug-likeness (QED) is 0.0549. The van der Waals surface area contributed by atoms with Crippen LogP contribution in [-0.2, 0) is 10.8 Å². The maximum atomic E-state index is 5.16. The number of nitrogens with zero attached hydrogens (tertiary/aromatic N) is 8. The average Bonchev–Trinajstić information content (AvgIpc) is 1.56. The van der Waals surface area contributed by atoms with Crippen LogP contribution in [0.1, 0.15) is 114 Å². The van der Waals surface area contributed by atoms with Crippen molar-refractivity contribution in [2.24, 2.45) is 0 Å². The summed E-state index contributed by atoms with van der Waals surface area (Å²) in [6.45, 7) is 9.38. The van der Waals surface area contributed by atoms with E-state index in [1.54, 1.807) is 0 Å². The number of unbranched alkanes of at least 4 members (excludes halogenated alkanes) is 6. The zero-order valence-electron chi connectivity index (χ0n) is 70.3. The van der Waals surface area contributed by atoms with Crippen LogP contribution in [0.5, 0.6) is 0 Å². The topological polar surface area (TPSA) is 103 Å². The maximum absolute atomic E-state index is 5.16. The SMILES string of the molecule is CC1(C)c2cc3cc(-c4cc(-c5cccnc5)cc(-c5nc(-c6ccccc6)nc(-c6ccccc6)n5)c4)ccc3cc2-c2cc3cc4ccccc4cc3cc21.CCCCCCC1(CCCCCC)c2cc3cc(-c4cc(-c5cccnc5)cc(-c5nc(-c6ccccc6)nc(-c6ccccc6)n5)c4)ccc3cc2-c2cc3cc4ccccc4cc3cc21. The highest BCUT2D eigenvalue weighted by atomic mass is 15.0. The molecule has 2 aliphatic carbocycles. The smallest absolute Gasteiger partial charge is 0.164 e. The Hall–Kier alpha value is -14.6. The van der Waals surface area contributed by atoms with Gasteiger partial charge in [-0.15, -0.1) is 0 Å². The molecule has 0 N–H and O–H groups in total. The van der Waals surface area contributed by atoms with Gasteiger partial charge in [0.15, 0.2) is 34.9 Å². The van der Waals surface area contributed by atoms with Crippen LogP contribution in [-0.4, -0.2) is 39.9 Å². The van der Waals surface area contributed by atoms with E-state index in [-0.39, 0.29) is 10.8 Å². The first-order valence-electron chi connectivity index (χ1n) is 44.0. The van der Waals surface area contributed by atoms with E-state index in [1.807, 2.05) is 134 Å². The summed E-state index contributed by atoms with van der Waals surface area (Å²) in [5, 5.41) is 15.4. The summed E-state index contributed by atoms with van der Waals surface area (Å²) in [5.41, 5.74) is 25.3. The summed E-state index contributed by atoms with van der Waals surface area (Å²) in [7, 11) is 0. The van der Waals surface area contributed by atoms with Crippen LogP contribution < -0.4 is 0 Å². The largest absolute Gasteiger partial charge is 0.264 e. The molecule has 0 saturated carbocycles. The number of benzene rings is 16. The Morgan fingerprint density at radius 3 is 0.815 bits per heavy atom. The lowest BCUT2D eigenvalue weighted by Gasteiger charge is -2.33. The molecule has 4 aromatic heterocycles. The molecule has 0 aliphatic heterocycles. The van der Waals surface area contributed by atoms with Crippen molar-refractivity contribution >= 4 is 64.6 Å². The van der Waals surface area contributed by atoms with E-state index in [1.165, 1.54) is 173 Å². The molecule has 124 heavy (non-hydrogen) atoms. The minimum atomic E-state index is -0.145. The molecular formula is C116H92N8. The Morgan fingerprint density at radius 1 is 0.202 bits per heavy atom. The van der Waals surface area contributed by atoms with Gasteiger partial charge in [-0.05, 0) is 289 Å². The Balaban J connectivity index is 0.000000154. The van der Waals surface area contributed by atoms with Crippen LogP contribution in [0.25, 0.3) is 200 Å². The van der Waals surface area contributed by atoms with E-state index in [0.29, 0.717) is 34.9 Å². The first kappa shape index (κ1) is 76.8. The zero-order chi connectivity index (χ0) is 83.2. The minimum Gasteiger partial charge on any atom is -0.264 e. The Labute approximate surface area is 724 Å². The fourth-order valence-corrected chi connectivity index (χ4v) is 19.4. The molecule has 4 heterocycles. The average molecular weight is 1600 g/mol. The van der Waals surface area contributed by atoms with Crippen molar-refractivity contribution in [3.63, 3.8) is 0 Å². The van der Waals surface area contributed by atoms with E-state index in [0.717, 1.165) is 77.9 Å². The third kappa shape index (κ3) is 14.7. The van der Waals surface area contributed by atoms with Crippen molar-refractivity contribution in [3.8, 4) is 135 Å². The molecule has 8 nitrogen and oxygen atoms in total. The standard InChI is InChI=1S/C63H56N4.C53H36N4/c1-3-5-7-17-29-63(30-18-8-6-4-2)58-40-53-34-47(27-28-48(53)38-56(58)57-39-52-32-45-24-15-16-25-46(45)33-54(52)41-59(57)63)50-35-51(49-26-19-31-64-42-49)37-55(36-50)62-66-60(43-20-11-9-12-21-43)65-61(67-62)44-22-13-10-14-23-44;1-53(2)48-30-43-24-37(19-20-38(43)28-46(48)47-29-42-22-35-16-9-10-17-36(35)23-44(42)31-49(47)53)40-25-41(39-18-11-21-54-32-39)27-45(26-40)52-56-50(33-12-5-3-6-13-33)55-51(57-52)34-14-7-4-8-15-34/h9-16,19-28,31-42H,3-8,17-18,29-30H2,1-2H3;3-32H,1-2H3. The summed E-state index contributed by atoms with van der Waals surface area (Å²) >= 11 is 0. The summed E-state index contributed by atoms with van der Waals surface area (Å²) in [6, 6.07) is 123. The fraction of sp³-hybridized carbons (Fsp3) is 0.138. The molecule has 16 aromatic carbocycles. The Bertz CT molecular complexity index is 7330. The van der Waals surface area contributed by atoms with Gasteiger partial charge in [0.25, 0.3) is 0 Å². The number of fused-ring (bicyclic) bond motifs is 12. The van der Waals surface area contributed by atoms with E-state index in [2.05, 4.69) is 268 Å². The lowest BCUT2D eigenvalue weighted by molar-refractivity contribution is 0.401. The first-order valence-corrected chi connectivity index (χ1v) is 44.0. The van der Waals surface area contributed by atoms with Crippen molar-refractivity contribution in [3.05, 3.63) is 387 Å². The predicted octanol–water partition coefficient (Wildman–Crippen LogP) is 30.6. The van der Waals surface area contributed by atoms with Gasteiger partial charge in [0, 0.05) is 80.1 Å². The van der Waals surface area contributed by atoms with E-state index in [9.17, 15) is 0 Å². The van der Waals surface area contributed by atoms with Crippen molar-refractivity contribution in [1.29, 1.82) is 0 Å². The Morgan fingerprint density at radius 2 is 0.476 bits per heavy atom. The van der Waals surface area contributed by atoms with E-state index >= 15 is 0 Å². The lowest BCUT2D eigenvalue weighted by atomic mass is 9.70. The second kappa shape index (κ2) is 32.7. The van der Waals surface area contributed by atoms with Crippen LogP contribution in [0.2, 0.25) is 0 Å². The van der Waals surface area contributed by atoms with Crippen molar-refractivity contribution in [1.82, 2.24) is 39.9 Å². The van der Waals surface area contributed by atoms with Gasteiger partial charge >= 0.3 is 0 Å². The summed E-state index contributed by atoms with van der Waals surface area (Å²) in [4.78, 5) is 39.5. The third-order valence-electron chi connectivity index (χ3n) is 25.9. The minimum absolute atomic E-state index is 0.0464. The van der Waals surface area contributed by atoms with Gasteiger partial charge in [-0.25, -0.2) is 29.9 Å².